The third kappa shape index (κ3) is 11.0. The fourth-order valence-electron chi connectivity index (χ4n) is 5.73. The van der Waals surface area contributed by atoms with Gasteiger partial charge in [0.05, 0.1) is 34.7 Å². The Kier molecular flexibility index (Phi) is 14.1. The Morgan fingerprint density at radius 2 is 1.55 bits per heavy atom. The van der Waals surface area contributed by atoms with Crippen LogP contribution in [0.4, 0.5) is 15.3 Å². The molecule has 0 bridgehead atoms. The van der Waals surface area contributed by atoms with Crippen molar-refractivity contribution in [3.63, 3.8) is 0 Å². The van der Waals surface area contributed by atoms with E-state index in [0.717, 1.165) is 4.90 Å². The van der Waals surface area contributed by atoms with Gasteiger partial charge in [-0.05, 0) is 72.8 Å². The van der Waals surface area contributed by atoms with Gasteiger partial charge in [0.2, 0.25) is 6.79 Å². The molecule has 2 amide bonds. The zero-order valence-corrected chi connectivity index (χ0v) is 30.3. The van der Waals surface area contributed by atoms with Crippen molar-refractivity contribution in [2.45, 2.75) is 85.4 Å². The summed E-state index contributed by atoms with van der Waals surface area (Å²) in [7, 11) is 1.41. The highest BCUT2D eigenvalue weighted by atomic mass is 16.7. The van der Waals surface area contributed by atoms with Crippen molar-refractivity contribution in [2.24, 2.45) is 5.92 Å². The number of methoxy groups -OCH3 is 1. The predicted molar refractivity (Wildman–Crippen MR) is 180 cm³/mol. The van der Waals surface area contributed by atoms with Gasteiger partial charge in [-0.3, -0.25) is 19.8 Å². The van der Waals surface area contributed by atoms with Gasteiger partial charge in [0.15, 0.2) is 0 Å². The Hall–Kier alpha value is -4.99. The average molecular weight is 718 g/mol. The summed E-state index contributed by atoms with van der Waals surface area (Å²) in [5.74, 6) is -3.70. The Morgan fingerprint density at radius 3 is 2.12 bits per heavy atom. The maximum Gasteiger partial charge on any atom is 0.421 e. The van der Waals surface area contributed by atoms with E-state index >= 15 is 0 Å². The Balaban J connectivity index is 1.83. The number of carbonyl (C=O) groups is 5. The van der Waals surface area contributed by atoms with Crippen molar-refractivity contribution in [3.05, 3.63) is 62.5 Å². The summed E-state index contributed by atoms with van der Waals surface area (Å²) in [5.41, 5.74) is -0.983. The number of amides is 2. The summed E-state index contributed by atoms with van der Waals surface area (Å²) in [6.07, 6.45) is -0.935. The number of carbonyl (C=O) groups excluding carboxylic acids is 5. The minimum atomic E-state index is -1.23. The number of hydrogen-bond acceptors (Lipinski definition) is 13. The van der Waals surface area contributed by atoms with Crippen LogP contribution in [0.3, 0.4) is 0 Å². The molecule has 0 spiro atoms. The molecule has 2 aliphatic heterocycles. The number of rotatable bonds is 12. The molecular formula is C35H47N3O13. The number of allylic oxidation sites excluding steroid dienone is 2. The molecule has 1 fully saturated rings. The maximum absolute atomic E-state index is 13.7. The van der Waals surface area contributed by atoms with E-state index in [1.165, 1.54) is 45.2 Å². The molecular weight excluding hydrogens is 670 g/mol. The van der Waals surface area contributed by atoms with Crippen LogP contribution >= 0.6 is 0 Å². The lowest BCUT2D eigenvalue weighted by Crippen LogP contribution is -2.42. The summed E-state index contributed by atoms with van der Waals surface area (Å²) >= 11 is 0. The second-order valence-electron chi connectivity index (χ2n) is 13.4. The standard InChI is InChI=1S/C35H47N3O13/c1-21(2)50-32(41)29-23(4)37(22(3)28(31(40)47-17-16-46-8)30(29)25-10-9-11-26(19-25)38(44)45)34(43)49-20-48-27(39)18-24-12-14-36(15-13-24)33(42)51-35(5,6)7/h9-11,19,21,24,30H,12-18,20H2,1-8H3. The van der Waals surface area contributed by atoms with Gasteiger partial charge in [-0.25, -0.2) is 19.2 Å². The van der Waals surface area contributed by atoms with E-state index in [-0.39, 0.29) is 59.3 Å². The van der Waals surface area contributed by atoms with Crippen LogP contribution in [0.25, 0.3) is 0 Å². The molecule has 1 aromatic rings. The number of ether oxygens (including phenoxy) is 6. The molecule has 2 aliphatic rings. The molecule has 3 rings (SSSR count). The number of piperidine rings is 1. The normalized spacial score (nSPS) is 16.9. The van der Waals surface area contributed by atoms with Crippen LogP contribution in [0.15, 0.2) is 46.8 Å². The van der Waals surface area contributed by atoms with Gasteiger partial charge >= 0.3 is 30.1 Å². The number of esters is 3. The van der Waals surface area contributed by atoms with Gasteiger partial charge in [0.1, 0.15) is 12.2 Å². The van der Waals surface area contributed by atoms with Crippen LogP contribution < -0.4 is 0 Å². The van der Waals surface area contributed by atoms with Crippen LogP contribution in [0, 0.1) is 16.0 Å². The number of non-ortho nitro benzene ring substituents is 1. The van der Waals surface area contributed by atoms with Crippen LogP contribution in [0.1, 0.15) is 79.2 Å². The lowest BCUT2D eigenvalue weighted by atomic mass is 9.79. The smallest absolute Gasteiger partial charge is 0.421 e. The summed E-state index contributed by atoms with van der Waals surface area (Å²) < 4.78 is 31.8. The van der Waals surface area contributed by atoms with Gasteiger partial charge in [0.25, 0.3) is 5.69 Å². The third-order valence-electron chi connectivity index (χ3n) is 8.05. The quantitative estimate of drug-likeness (QED) is 0.0671. The van der Waals surface area contributed by atoms with Crippen LogP contribution in [0.2, 0.25) is 0 Å². The summed E-state index contributed by atoms with van der Waals surface area (Å²) in [6, 6.07) is 5.42. The molecule has 1 saturated heterocycles. The fraction of sp³-hybridized carbons (Fsp3) is 0.571. The van der Waals surface area contributed by atoms with Crippen molar-refractivity contribution in [3.8, 4) is 0 Å². The summed E-state index contributed by atoms with van der Waals surface area (Å²) in [5, 5.41) is 11.7. The van der Waals surface area contributed by atoms with Gasteiger partial charge in [-0.15, -0.1) is 0 Å². The SMILES string of the molecule is COCCOC(=O)C1=C(C)N(C(=O)OCOC(=O)CC2CCN(C(=O)OC(C)(C)C)CC2)C(C)=C(C(=O)OC(C)C)C1c1cccc([N+](=O)[O-])c1. The number of likely N-dealkylation sites (tertiary alicyclic amines) is 1. The number of nitro groups is 1. The molecule has 2 heterocycles. The van der Waals surface area contributed by atoms with Crippen molar-refractivity contribution in [1.29, 1.82) is 0 Å². The molecule has 0 aliphatic carbocycles. The van der Waals surface area contributed by atoms with E-state index in [0.29, 0.717) is 25.9 Å². The maximum atomic E-state index is 13.7. The minimum absolute atomic E-state index is 0.0144. The van der Waals surface area contributed by atoms with Gasteiger partial charge in [-0.2, -0.15) is 0 Å². The highest BCUT2D eigenvalue weighted by molar-refractivity contribution is 6.01. The van der Waals surface area contributed by atoms with Crippen molar-refractivity contribution in [2.75, 3.05) is 40.2 Å². The summed E-state index contributed by atoms with van der Waals surface area (Å²) in [4.78, 5) is 79.5. The van der Waals surface area contributed by atoms with Crippen LogP contribution in [-0.4, -0.2) is 96.7 Å². The van der Waals surface area contributed by atoms with E-state index in [4.69, 9.17) is 28.4 Å². The Labute approximate surface area is 296 Å². The third-order valence-corrected chi connectivity index (χ3v) is 8.05. The fourth-order valence-corrected chi connectivity index (χ4v) is 5.73. The van der Waals surface area contributed by atoms with E-state index in [1.807, 2.05) is 0 Å². The Morgan fingerprint density at radius 1 is 0.922 bits per heavy atom. The van der Waals surface area contributed by atoms with Crippen molar-refractivity contribution < 1.29 is 57.3 Å². The zero-order valence-electron chi connectivity index (χ0n) is 30.3. The van der Waals surface area contributed by atoms with Gasteiger partial charge in [-0.1, -0.05) is 12.1 Å². The molecule has 0 aromatic heterocycles. The van der Waals surface area contributed by atoms with E-state index < -0.39 is 59.4 Å². The topological polar surface area (TPSA) is 190 Å². The Bertz CT molecular complexity index is 1550. The van der Waals surface area contributed by atoms with E-state index in [2.05, 4.69) is 0 Å². The monoisotopic (exact) mass is 717 g/mol. The molecule has 0 N–H and O–H groups in total. The molecule has 1 unspecified atom stereocenters. The van der Waals surface area contributed by atoms with Crippen LogP contribution in [0.5, 0.6) is 0 Å². The van der Waals surface area contributed by atoms with Crippen LogP contribution in [-0.2, 0) is 42.8 Å². The lowest BCUT2D eigenvalue weighted by molar-refractivity contribution is -0.384. The highest BCUT2D eigenvalue weighted by Crippen LogP contribution is 2.44. The van der Waals surface area contributed by atoms with E-state index in [1.54, 1.807) is 39.5 Å². The minimum Gasteiger partial charge on any atom is -0.460 e. The molecule has 0 saturated carbocycles. The van der Waals surface area contributed by atoms with Crippen molar-refractivity contribution >= 4 is 35.8 Å². The highest BCUT2D eigenvalue weighted by Gasteiger charge is 2.43. The van der Waals surface area contributed by atoms with Gasteiger partial charge < -0.3 is 33.3 Å². The number of nitro benzene ring substituents is 1. The first-order valence-corrected chi connectivity index (χ1v) is 16.6. The van der Waals surface area contributed by atoms with Gasteiger partial charge in [0, 0.05) is 50.1 Å². The number of hydrogen-bond donors (Lipinski definition) is 0. The summed E-state index contributed by atoms with van der Waals surface area (Å²) in [6.45, 7) is 11.4. The second-order valence-corrected chi connectivity index (χ2v) is 13.4. The molecule has 0 radical (unpaired) electrons. The first-order chi connectivity index (χ1) is 23.9. The average Bonchev–Trinajstić information content (AvgIpc) is 3.03. The first-order valence-electron chi connectivity index (χ1n) is 16.6. The molecule has 1 aromatic carbocycles. The largest absolute Gasteiger partial charge is 0.460 e. The number of nitrogens with zero attached hydrogens (tertiary/aromatic N) is 3. The first kappa shape index (κ1) is 40.4. The molecule has 16 nitrogen and oxygen atoms in total. The molecule has 280 valence electrons. The number of benzene rings is 1. The predicted octanol–water partition coefficient (Wildman–Crippen LogP) is 5.36. The zero-order chi connectivity index (χ0) is 38.0. The second kappa shape index (κ2) is 17.8. The lowest BCUT2D eigenvalue weighted by Gasteiger charge is -2.36. The van der Waals surface area contributed by atoms with Crippen molar-refractivity contribution in [1.82, 2.24) is 9.80 Å². The molecule has 1 atom stereocenters. The molecule has 51 heavy (non-hydrogen) atoms. The van der Waals surface area contributed by atoms with E-state index in [9.17, 15) is 34.1 Å². The molecule has 16 heteroatoms.